The molecule has 0 saturated carbocycles. The molecule has 28 heavy (non-hydrogen) atoms. The third kappa shape index (κ3) is 3.74. The normalized spacial score (nSPS) is 25.0. The van der Waals surface area contributed by atoms with E-state index in [-0.39, 0.29) is 16.0 Å². The molecule has 0 aliphatic carbocycles. The maximum Gasteiger partial charge on any atom is 0.239 e. The van der Waals surface area contributed by atoms with Crippen LogP contribution in [-0.2, 0) is 4.79 Å². The molecule has 0 bridgehead atoms. The number of H-pyrrole nitrogens is 1. The van der Waals surface area contributed by atoms with Crippen molar-refractivity contribution >= 4 is 34.4 Å². The Balaban J connectivity index is 1.35. The summed E-state index contributed by atoms with van der Waals surface area (Å²) in [5, 5.41) is 12.8. The number of hydrogen-bond acceptors (Lipinski definition) is 5. The van der Waals surface area contributed by atoms with Gasteiger partial charge in [0.2, 0.25) is 5.91 Å². The number of carbonyl (C=O) groups excluding carboxylic acids is 1. The van der Waals surface area contributed by atoms with E-state index in [1.165, 1.54) is 5.39 Å². The second-order valence-corrected chi connectivity index (χ2v) is 10.3. The Morgan fingerprint density at radius 1 is 1.29 bits per heavy atom. The van der Waals surface area contributed by atoms with Crippen LogP contribution in [0.5, 0.6) is 0 Å². The molecule has 7 heteroatoms. The molecular weight excluding hydrogens is 370 g/mol. The summed E-state index contributed by atoms with van der Waals surface area (Å²) in [6, 6.07) is 8.79. The summed E-state index contributed by atoms with van der Waals surface area (Å²) in [5.41, 5.74) is 1.09. The molecule has 2 fully saturated rings. The number of aromatic nitrogens is 2. The number of thioether (sulfide) groups is 1. The van der Waals surface area contributed by atoms with Gasteiger partial charge in [-0.25, -0.2) is 0 Å². The van der Waals surface area contributed by atoms with Crippen LogP contribution in [0.4, 0.5) is 5.82 Å². The molecule has 2 unspecified atom stereocenters. The molecule has 0 spiro atoms. The Labute approximate surface area is 171 Å². The second kappa shape index (κ2) is 7.95. The van der Waals surface area contributed by atoms with Crippen molar-refractivity contribution in [3.63, 3.8) is 0 Å². The lowest BCUT2D eigenvalue weighted by molar-refractivity contribution is -0.131. The van der Waals surface area contributed by atoms with Crippen LogP contribution in [0.15, 0.2) is 24.3 Å². The predicted octanol–water partition coefficient (Wildman–Crippen LogP) is 3.21. The van der Waals surface area contributed by atoms with E-state index < -0.39 is 0 Å². The number of hydrogen-bond donors (Lipinski definition) is 2. The molecule has 1 amide bonds. The number of benzene rings is 1. The monoisotopic (exact) mass is 401 g/mol. The van der Waals surface area contributed by atoms with E-state index in [0.717, 1.165) is 56.8 Å². The van der Waals surface area contributed by atoms with Crippen LogP contribution >= 0.6 is 11.8 Å². The zero-order valence-corrected chi connectivity index (χ0v) is 17.9. The third-order valence-corrected chi connectivity index (χ3v) is 7.30. The Morgan fingerprint density at radius 2 is 2.11 bits per heavy atom. The highest BCUT2D eigenvalue weighted by atomic mass is 32.2. The highest BCUT2D eigenvalue weighted by molar-refractivity contribution is 8.02. The van der Waals surface area contributed by atoms with Gasteiger partial charge in [-0.15, -0.1) is 11.8 Å². The molecule has 1 aromatic heterocycles. The minimum Gasteiger partial charge on any atom is -0.349 e. The number of nitrogens with zero attached hydrogens (tertiary/aromatic N) is 3. The average molecular weight is 402 g/mol. The van der Waals surface area contributed by atoms with Crippen LogP contribution in [0.3, 0.4) is 0 Å². The van der Waals surface area contributed by atoms with E-state index in [1.54, 1.807) is 11.8 Å². The molecule has 2 saturated heterocycles. The summed E-state index contributed by atoms with van der Waals surface area (Å²) < 4.78 is -0.273. The number of rotatable bonds is 6. The van der Waals surface area contributed by atoms with Crippen LogP contribution in [0.25, 0.3) is 10.9 Å². The molecule has 3 heterocycles. The molecule has 1 aromatic carbocycles. The van der Waals surface area contributed by atoms with Gasteiger partial charge in [-0.1, -0.05) is 12.1 Å². The van der Waals surface area contributed by atoms with E-state index in [2.05, 4.69) is 50.4 Å². The number of nitrogens with one attached hydrogen (secondary N) is 2. The Morgan fingerprint density at radius 3 is 2.89 bits per heavy atom. The SMILES string of the molecule is CC1SC(C)(C)C(=O)N1CCCCC1CNCCN1c1n[nH]c2ccccc12. The van der Waals surface area contributed by atoms with Crippen LogP contribution in [0, 0.1) is 0 Å². The van der Waals surface area contributed by atoms with E-state index in [4.69, 9.17) is 0 Å². The van der Waals surface area contributed by atoms with Crippen molar-refractivity contribution in [1.29, 1.82) is 0 Å². The molecule has 0 radical (unpaired) electrons. The van der Waals surface area contributed by atoms with Crippen molar-refractivity contribution in [2.24, 2.45) is 0 Å². The quantitative estimate of drug-likeness (QED) is 0.728. The van der Waals surface area contributed by atoms with E-state index >= 15 is 0 Å². The number of amides is 1. The average Bonchev–Trinajstić information content (AvgIpc) is 3.19. The lowest BCUT2D eigenvalue weighted by Crippen LogP contribution is -2.51. The number of anilines is 1. The second-order valence-electron chi connectivity index (χ2n) is 8.37. The van der Waals surface area contributed by atoms with Crippen LogP contribution in [-0.4, -0.2) is 63.3 Å². The Bertz CT molecular complexity index is 835. The van der Waals surface area contributed by atoms with Gasteiger partial charge in [0.15, 0.2) is 5.82 Å². The molecule has 6 nitrogen and oxygen atoms in total. The van der Waals surface area contributed by atoms with Gasteiger partial charge >= 0.3 is 0 Å². The van der Waals surface area contributed by atoms with Gasteiger partial charge < -0.3 is 15.1 Å². The zero-order chi connectivity index (χ0) is 19.7. The standard InChI is InChI=1S/C21H31N5OS/c1-15-25(20(27)21(2,3)28-15)12-7-6-8-16-14-22-11-13-26(16)19-17-9-4-5-10-18(17)23-24-19/h4-5,9-10,15-16,22H,6-8,11-14H2,1-3H3,(H,23,24). The molecular formula is C21H31N5OS. The fourth-order valence-corrected chi connectivity index (χ4v) is 5.86. The van der Waals surface area contributed by atoms with Crippen molar-refractivity contribution < 1.29 is 4.79 Å². The predicted molar refractivity (Wildman–Crippen MR) is 117 cm³/mol. The van der Waals surface area contributed by atoms with Gasteiger partial charge in [0.05, 0.1) is 15.6 Å². The van der Waals surface area contributed by atoms with E-state index in [0.29, 0.717) is 6.04 Å². The summed E-state index contributed by atoms with van der Waals surface area (Å²) in [5.74, 6) is 1.36. The summed E-state index contributed by atoms with van der Waals surface area (Å²) in [6.07, 6.45) is 3.28. The molecule has 2 aliphatic rings. The van der Waals surface area contributed by atoms with Crippen LogP contribution in [0.2, 0.25) is 0 Å². The van der Waals surface area contributed by atoms with Gasteiger partial charge in [-0.3, -0.25) is 9.89 Å². The number of piperazine rings is 1. The molecule has 2 N–H and O–H groups in total. The molecule has 2 atom stereocenters. The van der Waals surface area contributed by atoms with Gasteiger partial charge in [-0.2, -0.15) is 5.10 Å². The van der Waals surface area contributed by atoms with Crippen LogP contribution in [0.1, 0.15) is 40.0 Å². The van der Waals surface area contributed by atoms with Crippen molar-refractivity contribution in [1.82, 2.24) is 20.4 Å². The lowest BCUT2D eigenvalue weighted by Gasteiger charge is -2.37. The maximum atomic E-state index is 12.5. The minimum atomic E-state index is -0.273. The first-order chi connectivity index (χ1) is 13.5. The first-order valence-electron chi connectivity index (χ1n) is 10.4. The number of fused-ring (bicyclic) bond motifs is 1. The van der Waals surface area contributed by atoms with Crippen LogP contribution < -0.4 is 10.2 Å². The fraction of sp³-hybridized carbons (Fsp3) is 0.619. The van der Waals surface area contributed by atoms with Gasteiger partial charge in [0.1, 0.15) is 0 Å². The smallest absolute Gasteiger partial charge is 0.239 e. The maximum absolute atomic E-state index is 12.5. The molecule has 2 aromatic rings. The largest absolute Gasteiger partial charge is 0.349 e. The van der Waals surface area contributed by atoms with Gasteiger partial charge in [-0.05, 0) is 52.2 Å². The van der Waals surface area contributed by atoms with Crippen molar-refractivity contribution in [3.8, 4) is 0 Å². The lowest BCUT2D eigenvalue weighted by atomic mass is 10.0. The number of para-hydroxylation sites is 1. The zero-order valence-electron chi connectivity index (χ0n) is 17.1. The summed E-state index contributed by atoms with van der Waals surface area (Å²) in [6.45, 7) is 10.0. The summed E-state index contributed by atoms with van der Waals surface area (Å²) >= 11 is 1.77. The third-order valence-electron chi connectivity index (χ3n) is 5.94. The van der Waals surface area contributed by atoms with Gasteiger partial charge in [0.25, 0.3) is 0 Å². The first-order valence-corrected chi connectivity index (χ1v) is 11.2. The number of unbranched alkanes of at least 4 members (excludes halogenated alkanes) is 1. The minimum absolute atomic E-state index is 0.273. The van der Waals surface area contributed by atoms with Crippen molar-refractivity contribution in [2.45, 2.75) is 56.2 Å². The Kier molecular flexibility index (Phi) is 5.56. The van der Waals surface area contributed by atoms with Gasteiger partial charge in [0, 0.05) is 37.6 Å². The number of aromatic amines is 1. The fourth-order valence-electron chi connectivity index (χ4n) is 4.46. The Hall–Kier alpha value is -1.73. The first kappa shape index (κ1) is 19.6. The highest BCUT2D eigenvalue weighted by Gasteiger charge is 2.43. The molecule has 152 valence electrons. The summed E-state index contributed by atoms with van der Waals surface area (Å²) in [4.78, 5) is 17.1. The number of carbonyl (C=O) groups is 1. The molecule has 2 aliphatic heterocycles. The highest BCUT2D eigenvalue weighted by Crippen LogP contribution is 2.40. The summed E-state index contributed by atoms with van der Waals surface area (Å²) in [7, 11) is 0. The van der Waals surface area contributed by atoms with Crippen molar-refractivity contribution in [2.75, 3.05) is 31.1 Å². The topological polar surface area (TPSA) is 64.3 Å². The van der Waals surface area contributed by atoms with E-state index in [9.17, 15) is 4.79 Å². The molecule has 4 rings (SSSR count). The van der Waals surface area contributed by atoms with E-state index in [1.807, 2.05) is 19.9 Å². The van der Waals surface area contributed by atoms with Crippen molar-refractivity contribution in [3.05, 3.63) is 24.3 Å².